The maximum Gasteiger partial charge on any atom is 0.126 e. The van der Waals surface area contributed by atoms with E-state index in [0.717, 1.165) is 42.2 Å². The Morgan fingerprint density at radius 1 is 1.04 bits per heavy atom. The van der Waals surface area contributed by atoms with Crippen molar-refractivity contribution in [2.24, 2.45) is 11.8 Å². The maximum atomic E-state index is 8.15. The van der Waals surface area contributed by atoms with Crippen LogP contribution < -0.4 is 14.2 Å². The predicted molar refractivity (Wildman–Crippen MR) is 95.2 cm³/mol. The zero-order valence-electron chi connectivity index (χ0n) is 15.1. The van der Waals surface area contributed by atoms with Crippen molar-refractivity contribution >= 4 is 5.71 Å². The third kappa shape index (κ3) is 6.51. The van der Waals surface area contributed by atoms with Crippen LogP contribution in [0.3, 0.4) is 0 Å². The highest BCUT2D eigenvalue weighted by Crippen LogP contribution is 2.28. The Morgan fingerprint density at radius 2 is 1.65 bits per heavy atom. The number of methoxy groups -OCH3 is 1. The highest BCUT2D eigenvalue weighted by Gasteiger charge is 2.15. The molecular weight excluding hydrogens is 290 g/mol. The smallest absolute Gasteiger partial charge is 0.126 e. The molecule has 0 radical (unpaired) electrons. The Kier molecular flexibility index (Phi) is 8.52. The van der Waals surface area contributed by atoms with E-state index in [2.05, 4.69) is 20.8 Å². The summed E-state index contributed by atoms with van der Waals surface area (Å²) < 4.78 is 16.6. The molecule has 0 spiro atoms. The van der Waals surface area contributed by atoms with Gasteiger partial charge < -0.3 is 19.6 Å². The Hall–Kier alpha value is -1.71. The predicted octanol–water partition coefficient (Wildman–Crippen LogP) is 4.95. The summed E-state index contributed by atoms with van der Waals surface area (Å²) in [6, 6.07) is 5.61. The highest BCUT2D eigenvalue weighted by atomic mass is 16.5. The van der Waals surface area contributed by atoms with Gasteiger partial charge in [0.1, 0.15) is 17.2 Å². The van der Waals surface area contributed by atoms with Crippen LogP contribution in [0, 0.1) is 17.2 Å². The van der Waals surface area contributed by atoms with Crippen molar-refractivity contribution in [3.05, 3.63) is 18.2 Å². The molecular formula is C19H31NO3. The molecule has 130 valence electrons. The van der Waals surface area contributed by atoms with Crippen molar-refractivity contribution < 1.29 is 14.2 Å². The number of rotatable bonds is 11. The van der Waals surface area contributed by atoms with Gasteiger partial charge in [-0.15, -0.1) is 0 Å². The van der Waals surface area contributed by atoms with Crippen molar-refractivity contribution in [1.82, 2.24) is 0 Å². The first-order chi connectivity index (χ1) is 11.0. The van der Waals surface area contributed by atoms with Gasteiger partial charge in [0.05, 0.1) is 20.3 Å². The average Bonchev–Trinajstić information content (AvgIpc) is 2.54. The van der Waals surface area contributed by atoms with Crippen LogP contribution in [-0.2, 0) is 0 Å². The van der Waals surface area contributed by atoms with Crippen LogP contribution in [-0.4, -0.2) is 26.0 Å². The molecule has 1 aromatic carbocycles. The Bertz CT molecular complexity index is 486. The minimum absolute atomic E-state index is 0.327. The second-order valence-electron chi connectivity index (χ2n) is 5.98. The van der Waals surface area contributed by atoms with Crippen LogP contribution in [0.4, 0.5) is 0 Å². The van der Waals surface area contributed by atoms with Crippen LogP contribution in [0.25, 0.3) is 0 Å². The minimum Gasteiger partial charge on any atom is -0.496 e. The number of ether oxygens (including phenoxy) is 3. The van der Waals surface area contributed by atoms with Gasteiger partial charge in [0, 0.05) is 23.9 Å². The molecule has 4 heteroatoms. The van der Waals surface area contributed by atoms with Gasteiger partial charge in [0.25, 0.3) is 0 Å². The third-order valence-corrected chi connectivity index (χ3v) is 3.92. The molecule has 0 bridgehead atoms. The summed E-state index contributed by atoms with van der Waals surface area (Å²) in [5, 5.41) is 8.15. The first kappa shape index (κ1) is 19.3. The van der Waals surface area contributed by atoms with Gasteiger partial charge in [-0.05, 0) is 38.0 Å². The number of benzene rings is 1. The fraction of sp³-hybridized carbons (Fsp3) is 0.632. The molecule has 0 aliphatic heterocycles. The van der Waals surface area contributed by atoms with Crippen molar-refractivity contribution in [3.63, 3.8) is 0 Å². The summed E-state index contributed by atoms with van der Waals surface area (Å²) in [5.41, 5.74) is 0.854. The Balaban J connectivity index is 2.51. The van der Waals surface area contributed by atoms with Crippen molar-refractivity contribution in [2.45, 2.75) is 47.0 Å². The largest absolute Gasteiger partial charge is 0.496 e. The van der Waals surface area contributed by atoms with Gasteiger partial charge in [0.15, 0.2) is 0 Å². The first-order valence-electron chi connectivity index (χ1n) is 8.54. The summed E-state index contributed by atoms with van der Waals surface area (Å²) >= 11 is 0. The molecule has 0 aliphatic rings. The fourth-order valence-corrected chi connectivity index (χ4v) is 2.57. The Labute approximate surface area is 140 Å². The van der Waals surface area contributed by atoms with E-state index in [1.807, 2.05) is 25.1 Å². The first-order valence-corrected chi connectivity index (χ1v) is 8.54. The van der Waals surface area contributed by atoms with E-state index in [-0.39, 0.29) is 0 Å². The van der Waals surface area contributed by atoms with Crippen LogP contribution in [0.1, 0.15) is 47.0 Å². The summed E-state index contributed by atoms with van der Waals surface area (Å²) in [5.74, 6) is 2.95. The topological polar surface area (TPSA) is 51.5 Å². The molecule has 0 amide bonds. The third-order valence-electron chi connectivity index (χ3n) is 3.92. The lowest BCUT2D eigenvalue weighted by molar-refractivity contribution is 0.291. The molecule has 0 saturated heterocycles. The molecule has 1 aromatic rings. The molecule has 0 heterocycles. The molecule has 1 atom stereocenters. The van der Waals surface area contributed by atoms with Crippen molar-refractivity contribution in [3.8, 4) is 17.2 Å². The molecule has 0 fully saturated rings. The maximum absolute atomic E-state index is 8.15. The van der Waals surface area contributed by atoms with Crippen LogP contribution in [0.15, 0.2) is 18.2 Å². The minimum atomic E-state index is 0.327. The summed E-state index contributed by atoms with van der Waals surface area (Å²) in [4.78, 5) is 0. The van der Waals surface area contributed by atoms with E-state index in [1.165, 1.54) is 0 Å². The van der Waals surface area contributed by atoms with Gasteiger partial charge >= 0.3 is 0 Å². The second-order valence-corrected chi connectivity index (χ2v) is 5.98. The lowest BCUT2D eigenvalue weighted by Crippen LogP contribution is -2.19. The monoisotopic (exact) mass is 321 g/mol. The van der Waals surface area contributed by atoms with Gasteiger partial charge in [-0.1, -0.05) is 20.8 Å². The Morgan fingerprint density at radius 3 is 2.17 bits per heavy atom. The van der Waals surface area contributed by atoms with E-state index in [4.69, 9.17) is 19.6 Å². The highest BCUT2D eigenvalue weighted by molar-refractivity contribution is 5.85. The van der Waals surface area contributed by atoms with E-state index in [0.29, 0.717) is 25.0 Å². The van der Waals surface area contributed by atoms with Gasteiger partial charge in [0.2, 0.25) is 0 Å². The van der Waals surface area contributed by atoms with Crippen LogP contribution >= 0.6 is 0 Å². The van der Waals surface area contributed by atoms with E-state index in [1.54, 1.807) is 7.11 Å². The quantitative estimate of drug-likeness (QED) is 0.463. The lowest BCUT2D eigenvalue weighted by Gasteiger charge is -2.19. The molecule has 0 aliphatic carbocycles. The number of hydrogen-bond acceptors (Lipinski definition) is 4. The summed E-state index contributed by atoms with van der Waals surface area (Å²) in [7, 11) is 1.64. The molecule has 1 N–H and O–H groups in total. The lowest BCUT2D eigenvalue weighted by atomic mass is 9.89. The van der Waals surface area contributed by atoms with Gasteiger partial charge in [-0.25, -0.2) is 0 Å². The summed E-state index contributed by atoms with van der Waals surface area (Å²) in [6.45, 7) is 9.54. The van der Waals surface area contributed by atoms with E-state index < -0.39 is 0 Å². The number of hydrogen-bond donors (Lipinski definition) is 1. The molecule has 0 unspecified atom stereocenters. The SMILES string of the molecule is CCOc1cc(OC)cc(OCCC[C@@H](CC)C(=N)C(C)C)c1. The van der Waals surface area contributed by atoms with Crippen LogP contribution in [0.2, 0.25) is 0 Å². The fourth-order valence-electron chi connectivity index (χ4n) is 2.57. The van der Waals surface area contributed by atoms with E-state index in [9.17, 15) is 0 Å². The van der Waals surface area contributed by atoms with Crippen molar-refractivity contribution in [1.29, 1.82) is 5.41 Å². The zero-order chi connectivity index (χ0) is 17.2. The molecule has 1 rings (SSSR count). The molecule has 23 heavy (non-hydrogen) atoms. The number of nitrogens with one attached hydrogen (secondary N) is 1. The van der Waals surface area contributed by atoms with Gasteiger partial charge in [-0.3, -0.25) is 0 Å². The zero-order valence-corrected chi connectivity index (χ0v) is 15.1. The average molecular weight is 321 g/mol. The summed E-state index contributed by atoms with van der Waals surface area (Å²) in [6.07, 6.45) is 2.95. The molecule has 4 nitrogen and oxygen atoms in total. The normalized spacial score (nSPS) is 12.1. The van der Waals surface area contributed by atoms with E-state index >= 15 is 0 Å². The van der Waals surface area contributed by atoms with Crippen LogP contribution in [0.5, 0.6) is 17.2 Å². The molecule has 0 saturated carbocycles. The van der Waals surface area contributed by atoms with Crippen molar-refractivity contribution in [2.75, 3.05) is 20.3 Å². The van der Waals surface area contributed by atoms with Gasteiger partial charge in [-0.2, -0.15) is 0 Å². The standard InChI is InChI=1S/C19H31NO3/c1-6-15(19(20)14(3)4)9-8-10-23-18-12-16(21-5)11-17(13-18)22-7-2/h11-15,20H,6-10H2,1-5H3/t15-/m1/s1. The molecule has 0 aromatic heterocycles. The second kappa shape index (κ2) is 10.1.